The molecule has 0 spiro atoms. The first kappa shape index (κ1) is 11.4. The lowest BCUT2D eigenvalue weighted by molar-refractivity contribution is 0.194. The summed E-state index contributed by atoms with van der Waals surface area (Å²) in [5.41, 5.74) is 2.09. The smallest absolute Gasteiger partial charge is 0.182 e. The summed E-state index contributed by atoms with van der Waals surface area (Å²) in [6.07, 6.45) is 3.36. The van der Waals surface area contributed by atoms with Gasteiger partial charge in [0.15, 0.2) is 5.43 Å². The zero-order chi connectivity index (χ0) is 11.7. The second-order valence-electron chi connectivity index (χ2n) is 4.78. The van der Waals surface area contributed by atoms with E-state index in [1.165, 1.54) is 6.42 Å². The summed E-state index contributed by atoms with van der Waals surface area (Å²) in [6.45, 7) is 4.19. The van der Waals surface area contributed by atoms with Crippen molar-refractivity contribution in [2.24, 2.45) is 5.92 Å². The van der Waals surface area contributed by atoms with Crippen molar-refractivity contribution in [2.45, 2.75) is 39.2 Å². The zero-order valence-corrected chi connectivity index (χ0v) is 9.94. The van der Waals surface area contributed by atoms with Crippen molar-refractivity contribution in [1.29, 1.82) is 0 Å². The molecule has 1 aliphatic rings. The molecule has 0 radical (unpaired) electrons. The Bertz CT molecular complexity index is 410. The molecule has 16 heavy (non-hydrogen) atoms. The second kappa shape index (κ2) is 4.42. The van der Waals surface area contributed by atoms with E-state index in [1.54, 1.807) is 12.1 Å². The third kappa shape index (κ3) is 1.92. The minimum atomic E-state index is 0.0739. The molecular formula is C13H19NO2. The fraction of sp³-hybridized carbons (Fsp3) is 0.615. The number of pyridine rings is 1. The van der Waals surface area contributed by atoms with Crippen LogP contribution in [0.3, 0.4) is 0 Å². The molecule has 3 nitrogen and oxygen atoms in total. The lowest BCUT2D eigenvalue weighted by Gasteiger charge is -2.25. The van der Waals surface area contributed by atoms with Crippen LogP contribution in [0.15, 0.2) is 16.9 Å². The molecule has 0 aliphatic heterocycles. The van der Waals surface area contributed by atoms with Gasteiger partial charge >= 0.3 is 0 Å². The highest BCUT2D eigenvalue weighted by molar-refractivity contribution is 5.14. The van der Waals surface area contributed by atoms with Gasteiger partial charge < -0.3 is 9.67 Å². The first-order valence-electron chi connectivity index (χ1n) is 5.94. The van der Waals surface area contributed by atoms with Crippen LogP contribution in [0.5, 0.6) is 0 Å². The van der Waals surface area contributed by atoms with Crippen LogP contribution in [0.2, 0.25) is 0 Å². The standard InChI is InChI=1S/C13H19NO2/c1-9-6-12(16)7-10(2)14(9)13-5-3-4-11(13)8-15/h6-7,11,13,15H,3-5,8H2,1-2H3. The van der Waals surface area contributed by atoms with Crippen molar-refractivity contribution in [2.75, 3.05) is 6.61 Å². The van der Waals surface area contributed by atoms with Crippen molar-refractivity contribution in [3.63, 3.8) is 0 Å². The second-order valence-corrected chi connectivity index (χ2v) is 4.78. The summed E-state index contributed by atoms with van der Waals surface area (Å²) in [5.74, 6) is 0.347. The molecule has 1 heterocycles. The van der Waals surface area contributed by atoms with Gasteiger partial charge in [0.25, 0.3) is 0 Å². The van der Waals surface area contributed by atoms with Crippen LogP contribution in [-0.4, -0.2) is 16.3 Å². The van der Waals surface area contributed by atoms with Crippen LogP contribution in [0.25, 0.3) is 0 Å². The molecule has 2 atom stereocenters. The highest BCUT2D eigenvalue weighted by Gasteiger charge is 2.28. The van der Waals surface area contributed by atoms with E-state index >= 15 is 0 Å². The van der Waals surface area contributed by atoms with E-state index in [0.717, 1.165) is 24.2 Å². The quantitative estimate of drug-likeness (QED) is 0.827. The SMILES string of the molecule is Cc1cc(=O)cc(C)n1C1CCCC1CO. The highest BCUT2D eigenvalue weighted by atomic mass is 16.3. The first-order valence-corrected chi connectivity index (χ1v) is 5.94. The molecule has 88 valence electrons. The van der Waals surface area contributed by atoms with Crippen LogP contribution in [0.4, 0.5) is 0 Å². The van der Waals surface area contributed by atoms with E-state index in [0.29, 0.717) is 12.0 Å². The zero-order valence-electron chi connectivity index (χ0n) is 9.94. The third-order valence-electron chi connectivity index (χ3n) is 3.65. The predicted molar refractivity (Wildman–Crippen MR) is 63.6 cm³/mol. The van der Waals surface area contributed by atoms with Crippen LogP contribution in [0, 0.1) is 19.8 Å². The summed E-state index contributed by atoms with van der Waals surface area (Å²) in [5, 5.41) is 9.36. The number of rotatable bonds is 2. The van der Waals surface area contributed by atoms with Crippen molar-refractivity contribution in [3.8, 4) is 0 Å². The van der Waals surface area contributed by atoms with E-state index in [1.807, 2.05) is 13.8 Å². The molecule has 2 rings (SSSR count). The van der Waals surface area contributed by atoms with Gasteiger partial charge in [-0.3, -0.25) is 4.79 Å². The molecular weight excluding hydrogens is 202 g/mol. The van der Waals surface area contributed by atoms with Gasteiger partial charge in [-0.1, -0.05) is 6.42 Å². The average molecular weight is 221 g/mol. The van der Waals surface area contributed by atoms with Crippen molar-refractivity contribution in [3.05, 3.63) is 33.7 Å². The number of aryl methyl sites for hydroxylation is 2. The van der Waals surface area contributed by atoms with Crippen molar-refractivity contribution < 1.29 is 5.11 Å². The molecule has 1 N–H and O–H groups in total. The van der Waals surface area contributed by atoms with Gasteiger partial charge in [0.1, 0.15) is 0 Å². The maximum absolute atomic E-state index is 11.4. The fourth-order valence-electron chi connectivity index (χ4n) is 2.96. The number of hydrogen-bond acceptors (Lipinski definition) is 2. The molecule has 0 bridgehead atoms. The van der Waals surface area contributed by atoms with Crippen LogP contribution < -0.4 is 5.43 Å². The van der Waals surface area contributed by atoms with Crippen LogP contribution >= 0.6 is 0 Å². The van der Waals surface area contributed by atoms with Gasteiger partial charge in [-0.25, -0.2) is 0 Å². The largest absolute Gasteiger partial charge is 0.396 e. The number of aromatic nitrogens is 1. The Hall–Kier alpha value is -1.09. The lowest BCUT2D eigenvalue weighted by atomic mass is 10.0. The maximum Gasteiger partial charge on any atom is 0.182 e. The summed E-state index contributed by atoms with van der Waals surface area (Å²) in [6, 6.07) is 3.73. The van der Waals surface area contributed by atoms with Crippen molar-refractivity contribution >= 4 is 0 Å². The molecule has 1 aromatic heterocycles. The topological polar surface area (TPSA) is 42.2 Å². The third-order valence-corrected chi connectivity index (χ3v) is 3.65. The lowest BCUT2D eigenvalue weighted by Crippen LogP contribution is -2.23. The molecule has 0 amide bonds. The Balaban J connectivity index is 2.43. The first-order chi connectivity index (χ1) is 7.63. The number of aliphatic hydroxyl groups excluding tert-OH is 1. The normalized spacial score (nSPS) is 24.9. The molecule has 1 saturated carbocycles. The molecule has 2 unspecified atom stereocenters. The Morgan fingerprint density at radius 3 is 2.50 bits per heavy atom. The van der Waals surface area contributed by atoms with E-state index in [-0.39, 0.29) is 12.0 Å². The number of aliphatic hydroxyl groups is 1. The molecule has 1 fully saturated rings. The summed E-state index contributed by atoms with van der Waals surface area (Å²) in [4.78, 5) is 11.4. The molecule has 0 saturated heterocycles. The Morgan fingerprint density at radius 1 is 1.31 bits per heavy atom. The van der Waals surface area contributed by atoms with Crippen LogP contribution in [-0.2, 0) is 0 Å². The number of hydrogen-bond donors (Lipinski definition) is 1. The van der Waals surface area contributed by atoms with E-state index in [9.17, 15) is 9.90 Å². The van der Waals surface area contributed by atoms with Gasteiger partial charge in [0, 0.05) is 42.1 Å². The molecule has 1 aliphatic carbocycles. The maximum atomic E-state index is 11.4. The van der Waals surface area contributed by atoms with Gasteiger partial charge in [-0.15, -0.1) is 0 Å². The Morgan fingerprint density at radius 2 is 1.94 bits per heavy atom. The Kier molecular flexibility index (Phi) is 3.15. The molecule has 0 aromatic carbocycles. The monoisotopic (exact) mass is 221 g/mol. The van der Waals surface area contributed by atoms with E-state index in [2.05, 4.69) is 4.57 Å². The molecule has 1 aromatic rings. The average Bonchev–Trinajstić information content (AvgIpc) is 2.64. The minimum Gasteiger partial charge on any atom is -0.396 e. The summed E-state index contributed by atoms with van der Waals surface area (Å²) in [7, 11) is 0. The van der Waals surface area contributed by atoms with Crippen molar-refractivity contribution in [1.82, 2.24) is 4.57 Å². The van der Waals surface area contributed by atoms with Gasteiger partial charge in [0.2, 0.25) is 0 Å². The molecule has 3 heteroatoms. The minimum absolute atomic E-state index is 0.0739. The highest BCUT2D eigenvalue weighted by Crippen LogP contribution is 2.36. The van der Waals surface area contributed by atoms with Gasteiger partial charge in [0.05, 0.1) is 0 Å². The Labute approximate surface area is 95.7 Å². The fourth-order valence-corrected chi connectivity index (χ4v) is 2.96. The van der Waals surface area contributed by atoms with Gasteiger partial charge in [-0.2, -0.15) is 0 Å². The van der Waals surface area contributed by atoms with Gasteiger partial charge in [-0.05, 0) is 26.7 Å². The van der Waals surface area contributed by atoms with E-state index in [4.69, 9.17) is 0 Å². The van der Waals surface area contributed by atoms with E-state index < -0.39 is 0 Å². The van der Waals surface area contributed by atoms with Crippen LogP contribution in [0.1, 0.15) is 36.7 Å². The summed E-state index contributed by atoms with van der Waals surface area (Å²) < 4.78 is 2.22. The summed E-state index contributed by atoms with van der Waals surface area (Å²) >= 11 is 0. The predicted octanol–water partition coefficient (Wildman–Crippen LogP) is 1.80. The number of nitrogens with zero attached hydrogens (tertiary/aromatic N) is 1.